The molecule has 124 valence electrons. The molecule has 4 rings (SSSR count). The van der Waals surface area contributed by atoms with Gasteiger partial charge in [0, 0.05) is 11.0 Å². The van der Waals surface area contributed by atoms with Gasteiger partial charge in [0.25, 0.3) is 0 Å². The lowest BCUT2D eigenvalue weighted by Gasteiger charge is -2.22. The highest BCUT2D eigenvalue weighted by Crippen LogP contribution is 2.43. The van der Waals surface area contributed by atoms with E-state index in [0.717, 1.165) is 34.8 Å². The van der Waals surface area contributed by atoms with Crippen molar-refractivity contribution >= 4 is 23.3 Å². The summed E-state index contributed by atoms with van der Waals surface area (Å²) in [7, 11) is 0. The Bertz CT molecular complexity index is 750. The minimum atomic E-state index is -0.0600. The zero-order chi connectivity index (χ0) is 16.4. The van der Waals surface area contributed by atoms with Gasteiger partial charge in [0.1, 0.15) is 13.2 Å². The van der Waals surface area contributed by atoms with Gasteiger partial charge in [-0.05, 0) is 54.0 Å². The third-order valence-electron chi connectivity index (χ3n) is 4.26. The fourth-order valence-electron chi connectivity index (χ4n) is 2.90. The normalized spacial score (nSPS) is 17.7. The van der Waals surface area contributed by atoms with Crippen molar-refractivity contribution in [1.82, 2.24) is 5.32 Å². The summed E-state index contributed by atoms with van der Waals surface area (Å²) in [6.07, 6.45) is 5.76. The first-order valence-electron chi connectivity index (χ1n) is 8.21. The van der Waals surface area contributed by atoms with E-state index in [9.17, 15) is 4.79 Å². The fraction of sp³-hybridized carbons (Fsp3) is 0.316. The number of carbonyl (C=O) groups is 1. The molecule has 1 aromatic carbocycles. The van der Waals surface area contributed by atoms with Crippen LogP contribution in [0.5, 0.6) is 11.5 Å². The van der Waals surface area contributed by atoms with E-state index in [0.29, 0.717) is 19.1 Å². The minimum absolute atomic E-state index is 0.0290. The Hall–Kier alpha value is -2.27. The van der Waals surface area contributed by atoms with Gasteiger partial charge in [-0.3, -0.25) is 4.79 Å². The van der Waals surface area contributed by atoms with Crippen LogP contribution in [0.4, 0.5) is 0 Å². The third-order valence-corrected chi connectivity index (χ3v) is 5.10. The molecule has 0 saturated heterocycles. The van der Waals surface area contributed by atoms with Crippen molar-refractivity contribution in [3.63, 3.8) is 0 Å². The van der Waals surface area contributed by atoms with Crippen molar-refractivity contribution in [1.29, 1.82) is 0 Å². The van der Waals surface area contributed by atoms with Crippen molar-refractivity contribution in [3.05, 3.63) is 52.2 Å². The molecule has 4 nitrogen and oxygen atoms in total. The Morgan fingerprint density at radius 1 is 1.21 bits per heavy atom. The second kappa shape index (κ2) is 6.69. The highest BCUT2D eigenvalue weighted by molar-refractivity contribution is 7.10. The van der Waals surface area contributed by atoms with Crippen LogP contribution in [0.1, 0.15) is 29.3 Å². The molecule has 5 heteroatoms. The molecule has 1 aliphatic carbocycles. The number of benzene rings is 1. The standard InChI is InChI=1S/C19H19NO3S/c21-18(8-6-15-2-1-11-24-15)20-19(13-3-4-13)14-5-7-16-17(12-14)23-10-9-22-16/h1-2,5-8,11-13,19H,3-4,9-10H2,(H,20,21). The maximum atomic E-state index is 12.3. The van der Waals surface area contributed by atoms with Gasteiger partial charge in [0.2, 0.25) is 5.91 Å². The van der Waals surface area contributed by atoms with E-state index in [1.54, 1.807) is 17.4 Å². The Morgan fingerprint density at radius 2 is 2.04 bits per heavy atom. The second-order valence-electron chi connectivity index (χ2n) is 6.08. The molecule has 1 atom stereocenters. The quantitative estimate of drug-likeness (QED) is 0.842. The summed E-state index contributed by atoms with van der Waals surface area (Å²) < 4.78 is 11.2. The van der Waals surface area contributed by atoms with E-state index in [1.807, 2.05) is 41.8 Å². The van der Waals surface area contributed by atoms with Crippen LogP contribution in [0.25, 0.3) is 6.08 Å². The van der Waals surface area contributed by atoms with E-state index < -0.39 is 0 Å². The molecule has 1 N–H and O–H groups in total. The van der Waals surface area contributed by atoms with Gasteiger partial charge in [0.05, 0.1) is 6.04 Å². The number of fused-ring (bicyclic) bond motifs is 1. The molecule has 1 aliphatic heterocycles. The number of ether oxygens (including phenoxy) is 2. The molecule has 0 bridgehead atoms. The fourth-order valence-corrected chi connectivity index (χ4v) is 3.52. The summed E-state index contributed by atoms with van der Waals surface area (Å²) in [6, 6.07) is 9.96. The third kappa shape index (κ3) is 3.46. The first kappa shape index (κ1) is 15.3. The van der Waals surface area contributed by atoms with Crippen LogP contribution in [0, 0.1) is 5.92 Å². The van der Waals surface area contributed by atoms with E-state index in [1.165, 1.54) is 0 Å². The summed E-state index contributed by atoms with van der Waals surface area (Å²) in [5, 5.41) is 5.15. The van der Waals surface area contributed by atoms with Gasteiger partial charge in [-0.1, -0.05) is 12.1 Å². The van der Waals surface area contributed by atoms with Gasteiger partial charge in [-0.25, -0.2) is 0 Å². The molecule has 24 heavy (non-hydrogen) atoms. The lowest BCUT2D eigenvalue weighted by atomic mass is 10.0. The van der Waals surface area contributed by atoms with E-state index in [2.05, 4.69) is 5.32 Å². The minimum Gasteiger partial charge on any atom is -0.486 e. The average molecular weight is 341 g/mol. The summed E-state index contributed by atoms with van der Waals surface area (Å²) in [5.74, 6) is 2.00. The predicted molar refractivity (Wildman–Crippen MR) is 94.4 cm³/mol. The number of carbonyl (C=O) groups excluding carboxylic acids is 1. The van der Waals surface area contributed by atoms with Crippen molar-refractivity contribution in [2.24, 2.45) is 5.92 Å². The number of hydrogen-bond acceptors (Lipinski definition) is 4. The average Bonchev–Trinajstić information content (AvgIpc) is 3.32. The first-order chi connectivity index (χ1) is 11.8. The Labute approximate surface area is 145 Å². The molecule has 1 fully saturated rings. The highest BCUT2D eigenvalue weighted by Gasteiger charge is 2.33. The van der Waals surface area contributed by atoms with Crippen molar-refractivity contribution < 1.29 is 14.3 Å². The molecule has 2 aliphatic rings. The van der Waals surface area contributed by atoms with Crippen LogP contribution in [-0.2, 0) is 4.79 Å². The molecule has 0 radical (unpaired) electrons. The maximum absolute atomic E-state index is 12.3. The Kier molecular flexibility index (Phi) is 4.26. The number of thiophene rings is 1. The van der Waals surface area contributed by atoms with Gasteiger partial charge < -0.3 is 14.8 Å². The summed E-state index contributed by atoms with van der Waals surface area (Å²) >= 11 is 1.62. The van der Waals surface area contributed by atoms with Crippen LogP contribution < -0.4 is 14.8 Å². The topological polar surface area (TPSA) is 47.6 Å². The molecular weight excluding hydrogens is 322 g/mol. The Morgan fingerprint density at radius 3 is 2.79 bits per heavy atom. The number of nitrogens with one attached hydrogen (secondary N) is 1. The van der Waals surface area contributed by atoms with Crippen molar-refractivity contribution in [2.75, 3.05) is 13.2 Å². The van der Waals surface area contributed by atoms with Gasteiger partial charge in [0.15, 0.2) is 11.5 Å². The smallest absolute Gasteiger partial charge is 0.244 e. The maximum Gasteiger partial charge on any atom is 0.244 e. The van der Waals surface area contributed by atoms with E-state index in [-0.39, 0.29) is 11.9 Å². The molecule has 1 amide bonds. The molecule has 2 aromatic rings. The van der Waals surface area contributed by atoms with Gasteiger partial charge in [-0.15, -0.1) is 11.3 Å². The van der Waals surface area contributed by atoms with Crippen LogP contribution >= 0.6 is 11.3 Å². The first-order valence-corrected chi connectivity index (χ1v) is 9.09. The number of hydrogen-bond donors (Lipinski definition) is 1. The summed E-state index contributed by atoms with van der Waals surface area (Å²) in [6.45, 7) is 1.16. The monoisotopic (exact) mass is 341 g/mol. The lowest BCUT2D eigenvalue weighted by Crippen LogP contribution is -2.28. The Balaban J connectivity index is 1.49. The van der Waals surface area contributed by atoms with Crippen LogP contribution in [0.15, 0.2) is 41.8 Å². The van der Waals surface area contributed by atoms with E-state index in [4.69, 9.17) is 9.47 Å². The highest BCUT2D eigenvalue weighted by atomic mass is 32.1. The molecule has 0 spiro atoms. The number of amides is 1. The van der Waals surface area contributed by atoms with Crippen LogP contribution in [0.2, 0.25) is 0 Å². The largest absolute Gasteiger partial charge is 0.486 e. The zero-order valence-corrected chi connectivity index (χ0v) is 14.1. The summed E-state index contributed by atoms with van der Waals surface area (Å²) in [5.41, 5.74) is 1.08. The number of rotatable bonds is 5. The van der Waals surface area contributed by atoms with Crippen LogP contribution in [0.3, 0.4) is 0 Å². The van der Waals surface area contributed by atoms with Gasteiger partial charge >= 0.3 is 0 Å². The van der Waals surface area contributed by atoms with Crippen LogP contribution in [-0.4, -0.2) is 19.1 Å². The zero-order valence-electron chi connectivity index (χ0n) is 13.2. The molecule has 2 heterocycles. The second-order valence-corrected chi connectivity index (χ2v) is 7.05. The predicted octanol–water partition coefficient (Wildman–Crippen LogP) is 3.80. The van der Waals surface area contributed by atoms with Crippen molar-refractivity contribution in [2.45, 2.75) is 18.9 Å². The summed E-state index contributed by atoms with van der Waals surface area (Å²) in [4.78, 5) is 13.4. The molecular formula is C19H19NO3S. The molecule has 1 aromatic heterocycles. The molecule has 1 saturated carbocycles. The van der Waals surface area contributed by atoms with Crippen molar-refractivity contribution in [3.8, 4) is 11.5 Å². The van der Waals surface area contributed by atoms with E-state index >= 15 is 0 Å². The lowest BCUT2D eigenvalue weighted by molar-refractivity contribution is -0.117. The van der Waals surface area contributed by atoms with Gasteiger partial charge in [-0.2, -0.15) is 0 Å². The SMILES string of the molecule is O=C(C=Cc1cccs1)NC(c1ccc2c(c1)OCCO2)C1CC1. The molecule has 1 unspecified atom stereocenters.